The van der Waals surface area contributed by atoms with E-state index < -0.39 is 25.0 Å². The Morgan fingerprint density at radius 1 is 1.18 bits per heavy atom. The molecule has 0 radical (unpaired) electrons. The highest BCUT2D eigenvalue weighted by Crippen LogP contribution is 2.66. The molecule has 10 heteroatoms. The van der Waals surface area contributed by atoms with Gasteiger partial charge in [0.25, 0.3) is 5.91 Å². The highest BCUT2D eigenvalue weighted by molar-refractivity contribution is 7.57. The molecule has 1 amide bonds. The van der Waals surface area contributed by atoms with Gasteiger partial charge in [0.05, 0.1) is 0 Å². The number of halogens is 3. The maximum atomic E-state index is 13.5. The van der Waals surface area contributed by atoms with Gasteiger partial charge in [-0.25, -0.2) is 4.99 Å². The quantitative estimate of drug-likeness (QED) is 0.856. The zero-order valence-corrected chi connectivity index (χ0v) is 12.4. The zero-order valence-electron chi connectivity index (χ0n) is 11.5. The zero-order chi connectivity index (χ0) is 16.6. The van der Waals surface area contributed by atoms with Crippen LogP contribution in [0.1, 0.15) is 5.56 Å². The molecular formula is C12H12F3N2O4P. The van der Waals surface area contributed by atoms with Crippen LogP contribution in [0, 0.1) is 0 Å². The van der Waals surface area contributed by atoms with E-state index in [0.717, 1.165) is 14.2 Å². The topological polar surface area (TPSA) is 77.0 Å². The molecule has 0 aromatic heterocycles. The van der Waals surface area contributed by atoms with E-state index >= 15 is 0 Å². The van der Waals surface area contributed by atoms with Crippen molar-refractivity contribution >= 4 is 19.3 Å². The summed E-state index contributed by atoms with van der Waals surface area (Å²) in [6.45, 7) is 0. The molecule has 0 saturated heterocycles. The molecule has 0 fully saturated rings. The maximum absolute atomic E-state index is 13.5. The van der Waals surface area contributed by atoms with Gasteiger partial charge in [-0.1, -0.05) is 30.3 Å². The minimum Gasteiger partial charge on any atom is -0.310 e. The van der Waals surface area contributed by atoms with Gasteiger partial charge in [-0.05, 0) is 0 Å². The van der Waals surface area contributed by atoms with Crippen LogP contribution in [0.4, 0.5) is 13.2 Å². The number of amidine groups is 1. The Morgan fingerprint density at radius 2 is 1.73 bits per heavy atom. The number of carbonyl (C=O) groups is 1. The van der Waals surface area contributed by atoms with E-state index in [9.17, 15) is 22.5 Å². The number of amides is 1. The van der Waals surface area contributed by atoms with E-state index in [1.165, 1.54) is 12.1 Å². The van der Waals surface area contributed by atoms with Crippen molar-refractivity contribution in [2.75, 3.05) is 14.2 Å². The highest BCUT2D eigenvalue weighted by atomic mass is 31.2. The fourth-order valence-electron chi connectivity index (χ4n) is 2.04. The second kappa shape index (κ2) is 5.49. The third-order valence-electron chi connectivity index (χ3n) is 3.14. The van der Waals surface area contributed by atoms with E-state index in [2.05, 4.69) is 14.0 Å². The van der Waals surface area contributed by atoms with Crippen molar-refractivity contribution in [3.63, 3.8) is 0 Å². The molecule has 1 aliphatic rings. The first-order valence-corrected chi connectivity index (χ1v) is 7.51. The number of carbonyl (C=O) groups excluding carboxylic acids is 1. The summed E-state index contributed by atoms with van der Waals surface area (Å²) < 4.78 is 61.8. The predicted molar refractivity (Wildman–Crippen MR) is 71.5 cm³/mol. The molecule has 1 aliphatic heterocycles. The van der Waals surface area contributed by atoms with Gasteiger partial charge in [0.1, 0.15) is 5.84 Å². The predicted octanol–water partition coefficient (Wildman–Crippen LogP) is 2.31. The molecule has 1 aromatic rings. The largest absolute Gasteiger partial charge is 0.434 e. The number of nitrogens with zero attached hydrogens (tertiary/aromatic N) is 1. The Balaban J connectivity index is 2.68. The van der Waals surface area contributed by atoms with Crippen molar-refractivity contribution < 1.29 is 31.6 Å². The second-order valence-corrected chi connectivity index (χ2v) is 6.69. The number of hydrogen-bond acceptors (Lipinski definition) is 5. The van der Waals surface area contributed by atoms with Crippen LogP contribution in [0.15, 0.2) is 35.3 Å². The number of aliphatic imine (C=N–C) groups is 1. The minimum atomic E-state index is -5.27. The standard InChI is InChI=1S/C12H12F3N2O4P/c1-20-22(19,21-2)11(12(13,14)15)10(18)16-9(17-11)8-6-4-3-5-7-8/h3-7H,1-2H3,(H,16,17,18). The van der Waals surface area contributed by atoms with Gasteiger partial charge in [0.2, 0.25) is 0 Å². The average Bonchev–Trinajstić information content (AvgIpc) is 2.86. The number of benzene rings is 1. The lowest BCUT2D eigenvalue weighted by molar-refractivity contribution is -0.173. The fourth-order valence-corrected chi connectivity index (χ4v) is 3.55. The number of rotatable bonds is 4. The molecule has 0 spiro atoms. The van der Waals surface area contributed by atoms with Gasteiger partial charge in [0, 0.05) is 19.8 Å². The van der Waals surface area contributed by atoms with Crippen molar-refractivity contribution in [3.05, 3.63) is 35.9 Å². The first-order chi connectivity index (χ1) is 10.2. The maximum Gasteiger partial charge on any atom is 0.434 e. The first-order valence-electron chi connectivity index (χ1n) is 5.97. The lowest BCUT2D eigenvalue weighted by Crippen LogP contribution is -2.51. The molecule has 6 nitrogen and oxygen atoms in total. The van der Waals surface area contributed by atoms with Crippen molar-refractivity contribution in [2.24, 2.45) is 4.99 Å². The first kappa shape index (κ1) is 16.7. The number of nitrogens with one attached hydrogen (secondary N) is 1. The molecule has 1 heterocycles. The van der Waals surface area contributed by atoms with Gasteiger partial charge in [-0.2, -0.15) is 13.2 Å². The van der Waals surface area contributed by atoms with E-state index in [1.807, 2.05) is 5.32 Å². The molecule has 0 aliphatic carbocycles. The summed E-state index contributed by atoms with van der Waals surface area (Å²) in [4.78, 5) is 15.4. The number of hydrogen-bond donors (Lipinski definition) is 1. The Bertz CT molecular complexity index is 654. The Kier molecular flexibility index (Phi) is 4.16. The van der Waals surface area contributed by atoms with Crippen molar-refractivity contribution in [3.8, 4) is 0 Å². The van der Waals surface area contributed by atoms with Gasteiger partial charge < -0.3 is 14.4 Å². The summed E-state index contributed by atoms with van der Waals surface area (Å²) in [7, 11) is -3.39. The third-order valence-corrected chi connectivity index (χ3v) is 5.45. The lowest BCUT2D eigenvalue weighted by atomic mass is 10.2. The highest BCUT2D eigenvalue weighted by Gasteiger charge is 2.75. The lowest BCUT2D eigenvalue weighted by Gasteiger charge is -2.30. The smallest absolute Gasteiger partial charge is 0.310 e. The summed E-state index contributed by atoms with van der Waals surface area (Å²) in [5.41, 5.74) is 0.237. The summed E-state index contributed by atoms with van der Waals surface area (Å²) in [5.74, 6) is -1.96. The van der Waals surface area contributed by atoms with Gasteiger partial charge >= 0.3 is 19.1 Å². The van der Waals surface area contributed by atoms with Crippen LogP contribution in [0.2, 0.25) is 0 Å². The molecule has 0 saturated carbocycles. The second-order valence-electron chi connectivity index (χ2n) is 4.31. The monoisotopic (exact) mass is 336 g/mol. The van der Waals surface area contributed by atoms with E-state index in [-0.39, 0.29) is 11.4 Å². The van der Waals surface area contributed by atoms with Gasteiger partial charge in [0.15, 0.2) is 0 Å². The van der Waals surface area contributed by atoms with Crippen LogP contribution in [-0.4, -0.2) is 37.4 Å². The summed E-state index contributed by atoms with van der Waals surface area (Å²) in [6, 6.07) is 7.67. The Hall–Kier alpha value is -1.70. The minimum absolute atomic E-state index is 0.237. The molecule has 2 rings (SSSR count). The molecule has 0 bridgehead atoms. The average molecular weight is 336 g/mol. The normalized spacial score (nSPS) is 22.4. The van der Waals surface area contributed by atoms with Gasteiger partial charge in [-0.15, -0.1) is 0 Å². The Labute approximate surface area is 123 Å². The van der Waals surface area contributed by atoms with Gasteiger partial charge in [-0.3, -0.25) is 9.36 Å². The Morgan fingerprint density at radius 3 is 2.18 bits per heavy atom. The van der Waals surface area contributed by atoms with Crippen LogP contribution in [0.3, 0.4) is 0 Å². The van der Waals surface area contributed by atoms with E-state index in [0.29, 0.717) is 0 Å². The molecule has 1 N–H and O–H groups in total. The molecule has 22 heavy (non-hydrogen) atoms. The van der Waals surface area contributed by atoms with Crippen molar-refractivity contribution in [1.29, 1.82) is 0 Å². The van der Waals surface area contributed by atoms with Crippen LogP contribution in [0.5, 0.6) is 0 Å². The molecule has 1 atom stereocenters. The van der Waals surface area contributed by atoms with Crippen LogP contribution < -0.4 is 5.32 Å². The summed E-state index contributed by atoms with van der Waals surface area (Å²) >= 11 is 0. The molecule has 1 aromatic carbocycles. The third kappa shape index (κ3) is 2.25. The SMILES string of the molecule is COP(=O)(OC)C1(C(F)(F)F)N=C(c2ccccc2)NC1=O. The van der Waals surface area contributed by atoms with Crippen LogP contribution in [0.25, 0.3) is 0 Å². The summed E-state index contributed by atoms with van der Waals surface area (Å²) in [6.07, 6.45) is -5.27. The van der Waals surface area contributed by atoms with E-state index in [4.69, 9.17) is 0 Å². The molecule has 120 valence electrons. The van der Waals surface area contributed by atoms with Crippen molar-refractivity contribution in [2.45, 2.75) is 11.5 Å². The van der Waals surface area contributed by atoms with E-state index in [1.54, 1.807) is 18.2 Å². The number of alkyl halides is 3. The van der Waals surface area contributed by atoms with Crippen molar-refractivity contribution in [1.82, 2.24) is 5.32 Å². The molecule has 1 unspecified atom stereocenters. The molecular weight excluding hydrogens is 324 g/mol. The van der Waals surface area contributed by atoms with Crippen LogP contribution >= 0.6 is 7.60 Å². The summed E-state index contributed by atoms with van der Waals surface area (Å²) in [5, 5.41) is -1.63. The van der Waals surface area contributed by atoms with Crippen LogP contribution in [-0.2, 0) is 18.4 Å². The fraction of sp³-hybridized carbons (Fsp3) is 0.333.